The summed E-state index contributed by atoms with van der Waals surface area (Å²) in [5.41, 5.74) is 0.702. The lowest BCUT2D eigenvalue weighted by Crippen LogP contribution is -2.32. The summed E-state index contributed by atoms with van der Waals surface area (Å²) in [7, 11) is -0.997. The minimum atomic E-state index is -4.06. The third-order valence-corrected chi connectivity index (χ3v) is 5.60. The lowest BCUT2D eigenvalue weighted by Gasteiger charge is -2.19. The number of nitrogens with one attached hydrogen (secondary N) is 1. The quantitative estimate of drug-likeness (QED) is 0.696. The molecular formula is C18H19ClF2N2O4S. The van der Waals surface area contributed by atoms with Crippen molar-refractivity contribution < 1.29 is 26.7 Å². The largest absolute Gasteiger partial charge is 0.496 e. The number of methoxy groups -OCH3 is 1. The summed E-state index contributed by atoms with van der Waals surface area (Å²) in [5, 5.41) is 0.496. The van der Waals surface area contributed by atoms with Crippen molar-refractivity contribution in [3.63, 3.8) is 0 Å². The average Bonchev–Trinajstić information content (AvgIpc) is 2.63. The van der Waals surface area contributed by atoms with Crippen LogP contribution in [0.15, 0.2) is 41.3 Å². The molecule has 28 heavy (non-hydrogen) atoms. The number of carbonyl (C=O) groups is 1. The molecule has 0 heterocycles. The lowest BCUT2D eigenvalue weighted by atomic mass is 10.2. The Labute approximate surface area is 167 Å². The van der Waals surface area contributed by atoms with Crippen molar-refractivity contribution in [3.8, 4) is 5.75 Å². The number of carbonyl (C=O) groups excluding carboxylic acids is 1. The van der Waals surface area contributed by atoms with E-state index in [1.165, 1.54) is 12.0 Å². The molecule has 10 heteroatoms. The SMILES string of the molecule is COc1ccc(Cl)cc1CN(C)C(=O)CCNS(=O)(=O)c1ccc(F)c(F)c1. The average molecular weight is 433 g/mol. The van der Waals surface area contributed by atoms with Gasteiger partial charge in [0.15, 0.2) is 11.6 Å². The van der Waals surface area contributed by atoms with Crippen LogP contribution in [0.2, 0.25) is 5.02 Å². The first-order valence-electron chi connectivity index (χ1n) is 8.15. The molecule has 0 aliphatic carbocycles. The number of rotatable bonds is 8. The van der Waals surface area contributed by atoms with E-state index in [1.54, 1.807) is 25.2 Å². The highest BCUT2D eigenvalue weighted by Gasteiger charge is 2.18. The first kappa shape index (κ1) is 22.1. The van der Waals surface area contributed by atoms with Crippen LogP contribution in [0.25, 0.3) is 0 Å². The molecule has 0 aliphatic heterocycles. The summed E-state index contributed by atoms with van der Waals surface area (Å²) in [6, 6.07) is 7.28. The van der Waals surface area contributed by atoms with Crippen LogP contribution in [-0.2, 0) is 21.4 Å². The molecule has 0 unspecified atom stereocenters. The van der Waals surface area contributed by atoms with Gasteiger partial charge in [-0.2, -0.15) is 0 Å². The number of sulfonamides is 1. The molecule has 2 aromatic carbocycles. The Hall–Kier alpha value is -2.23. The van der Waals surface area contributed by atoms with Crippen LogP contribution in [0.1, 0.15) is 12.0 Å². The molecule has 1 amide bonds. The van der Waals surface area contributed by atoms with E-state index in [0.717, 1.165) is 12.1 Å². The minimum Gasteiger partial charge on any atom is -0.496 e. The van der Waals surface area contributed by atoms with Gasteiger partial charge in [0.1, 0.15) is 5.75 Å². The standard InChI is InChI=1S/C18H19ClF2N2O4S/c1-23(11-12-9-13(19)3-6-17(12)27-2)18(24)7-8-22-28(25,26)14-4-5-15(20)16(21)10-14/h3-6,9-10,22H,7-8,11H2,1-2H3. The van der Waals surface area contributed by atoms with Crippen LogP contribution < -0.4 is 9.46 Å². The van der Waals surface area contributed by atoms with E-state index in [4.69, 9.17) is 16.3 Å². The predicted octanol–water partition coefficient (Wildman–Crippen LogP) is 2.95. The van der Waals surface area contributed by atoms with Crippen LogP contribution in [0.5, 0.6) is 5.75 Å². The normalized spacial score (nSPS) is 11.3. The highest BCUT2D eigenvalue weighted by atomic mass is 35.5. The molecule has 1 N–H and O–H groups in total. The van der Waals surface area contributed by atoms with Crippen LogP contribution in [0, 0.1) is 11.6 Å². The van der Waals surface area contributed by atoms with Crippen molar-refractivity contribution in [2.75, 3.05) is 20.7 Å². The molecule has 152 valence electrons. The summed E-state index contributed by atoms with van der Waals surface area (Å²) in [5.74, 6) is -2.17. The zero-order valence-corrected chi connectivity index (χ0v) is 16.8. The molecule has 0 aliphatic rings. The van der Waals surface area contributed by atoms with Gasteiger partial charge in [0.05, 0.1) is 12.0 Å². The Morgan fingerprint density at radius 3 is 2.54 bits per heavy atom. The van der Waals surface area contributed by atoms with Crippen molar-refractivity contribution in [1.29, 1.82) is 0 Å². The Morgan fingerprint density at radius 1 is 1.18 bits per heavy atom. The molecule has 0 saturated heterocycles. The molecule has 2 rings (SSSR count). The zero-order valence-electron chi connectivity index (χ0n) is 15.2. The highest BCUT2D eigenvalue weighted by molar-refractivity contribution is 7.89. The molecule has 0 aromatic heterocycles. The van der Waals surface area contributed by atoms with Gasteiger partial charge in [-0.1, -0.05) is 11.6 Å². The number of benzene rings is 2. The molecular weight excluding hydrogens is 414 g/mol. The van der Waals surface area contributed by atoms with Crippen LogP contribution in [0.4, 0.5) is 8.78 Å². The van der Waals surface area contributed by atoms with Gasteiger partial charge in [-0.3, -0.25) is 4.79 Å². The zero-order chi connectivity index (χ0) is 20.9. The van der Waals surface area contributed by atoms with E-state index in [1.807, 2.05) is 0 Å². The van der Waals surface area contributed by atoms with Crippen molar-refractivity contribution in [1.82, 2.24) is 9.62 Å². The summed E-state index contributed by atoms with van der Waals surface area (Å²) < 4.78 is 57.8. The fourth-order valence-corrected chi connectivity index (χ4v) is 3.66. The second kappa shape index (κ2) is 9.31. The van der Waals surface area contributed by atoms with Gasteiger partial charge >= 0.3 is 0 Å². The van der Waals surface area contributed by atoms with E-state index < -0.39 is 26.6 Å². The fraction of sp³-hybridized carbons (Fsp3) is 0.278. The Kier molecular flexibility index (Phi) is 7.34. The van der Waals surface area contributed by atoms with Crippen LogP contribution in [0.3, 0.4) is 0 Å². The monoisotopic (exact) mass is 432 g/mol. The van der Waals surface area contributed by atoms with Gasteiger partial charge < -0.3 is 9.64 Å². The molecule has 0 bridgehead atoms. The molecule has 0 atom stereocenters. The molecule has 0 radical (unpaired) electrons. The van der Waals surface area contributed by atoms with Crippen molar-refractivity contribution in [2.45, 2.75) is 17.9 Å². The maximum Gasteiger partial charge on any atom is 0.240 e. The second-order valence-corrected chi connectivity index (χ2v) is 8.13. The van der Waals surface area contributed by atoms with E-state index in [-0.39, 0.29) is 25.4 Å². The van der Waals surface area contributed by atoms with Gasteiger partial charge in [0.2, 0.25) is 15.9 Å². The first-order valence-corrected chi connectivity index (χ1v) is 10.0. The smallest absolute Gasteiger partial charge is 0.240 e. The van der Waals surface area contributed by atoms with Crippen LogP contribution in [-0.4, -0.2) is 39.9 Å². The van der Waals surface area contributed by atoms with E-state index >= 15 is 0 Å². The number of amides is 1. The molecule has 6 nitrogen and oxygen atoms in total. The van der Waals surface area contributed by atoms with Gasteiger partial charge in [-0.05, 0) is 36.4 Å². The van der Waals surface area contributed by atoms with Gasteiger partial charge in [-0.15, -0.1) is 0 Å². The van der Waals surface area contributed by atoms with Crippen molar-refractivity contribution in [2.24, 2.45) is 0 Å². The van der Waals surface area contributed by atoms with Gasteiger partial charge in [-0.25, -0.2) is 21.9 Å². The highest BCUT2D eigenvalue weighted by Crippen LogP contribution is 2.24. The minimum absolute atomic E-state index is 0.123. The topological polar surface area (TPSA) is 75.7 Å². The Bertz CT molecular complexity index is 970. The molecule has 2 aromatic rings. The summed E-state index contributed by atoms with van der Waals surface area (Å²) in [4.78, 5) is 13.2. The number of hydrogen-bond donors (Lipinski definition) is 1. The molecule has 0 spiro atoms. The van der Waals surface area contributed by atoms with E-state index in [0.29, 0.717) is 22.4 Å². The summed E-state index contributed by atoms with van der Waals surface area (Å²) in [6.45, 7) is 0.0235. The predicted molar refractivity (Wildman–Crippen MR) is 101 cm³/mol. The number of halogens is 3. The summed E-state index contributed by atoms with van der Waals surface area (Å²) in [6.07, 6.45) is -0.123. The van der Waals surface area contributed by atoms with Gasteiger partial charge in [0.25, 0.3) is 0 Å². The lowest BCUT2D eigenvalue weighted by molar-refractivity contribution is -0.130. The Morgan fingerprint density at radius 2 is 1.89 bits per heavy atom. The first-order chi connectivity index (χ1) is 13.1. The molecule has 0 saturated carbocycles. The van der Waals surface area contributed by atoms with E-state index in [2.05, 4.69) is 4.72 Å². The summed E-state index contributed by atoms with van der Waals surface area (Å²) >= 11 is 5.96. The van der Waals surface area contributed by atoms with E-state index in [9.17, 15) is 22.0 Å². The fourth-order valence-electron chi connectivity index (χ4n) is 2.42. The third-order valence-electron chi connectivity index (χ3n) is 3.91. The molecule has 0 fully saturated rings. The van der Waals surface area contributed by atoms with Gasteiger partial charge in [0, 0.05) is 37.1 Å². The number of hydrogen-bond acceptors (Lipinski definition) is 4. The maximum absolute atomic E-state index is 13.2. The number of ether oxygens (including phenoxy) is 1. The van der Waals surface area contributed by atoms with Crippen molar-refractivity contribution >= 4 is 27.5 Å². The maximum atomic E-state index is 13.2. The number of nitrogens with zero attached hydrogens (tertiary/aromatic N) is 1. The van der Waals surface area contributed by atoms with Crippen LogP contribution >= 0.6 is 11.6 Å². The second-order valence-electron chi connectivity index (χ2n) is 5.93. The third kappa shape index (κ3) is 5.63. The Balaban J connectivity index is 1.94. The van der Waals surface area contributed by atoms with Crippen molar-refractivity contribution in [3.05, 3.63) is 58.6 Å².